The Morgan fingerprint density at radius 2 is 2.21 bits per heavy atom. The van der Waals surface area contributed by atoms with Crippen molar-refractivity contribution in [2.24, 2.45) is 0 Å². The van der Waals surface area contributed by atoms with E-state index in [9.17, 15) is 0 Å². The molecule has 2 aromatic heterocycles. The summed E-state index contributed by atoms with van der Waals surface area (Å²) in [5, 5.41) is 14.8. The first kappa shape index (κ1) is 16.5. The molecule has 1 aromatic carbocycles. The Kier molecular flexibility index (Phi) is 4.82. The quantitative estimate of drug-likeness (QED) is 0.754. The molecular weight excluding hydrogens is 330 g/mol. The van der Waals surface area contributed by atoms with E-state index in [1.807, 2.05) is 30.3 Å². The Labute approximate surface area is 145 Å². The van der Waals surface area contributed by atoms with Gasteiger partial charge in [0.2, 0.25) is 5.82 Å². The standard InChI is InChI=1S/C16H17N5O2.ClH/c1-22-12-4-2-3-10(7-12)15-18-16(23-21-15)14-8-13(19-20-14)11-5-6-17-9-11;/h2-4,7-8,11,17H,5-6,9H2,1H3,(H,19,20);1H. The predicted molar refractivity (Wildman–Crippen MR) is 91.3 cm³/mol. The maximum Gasteiger partial charge on any atom is 0.278 e. The third-order valence-corrected chi connectivity index (χ3v) is 4.07. The van der Waals surface area contributed by atoms with Crippen LogP contribution in [0.4, 0.5) is 0 Å². The van der Waals surface area contributed by atoms with Crippen LogP contribution >= 0.6 is 12.4 Å². The van der Waals surface area contributed by atoms with Gasteiger partial charge in [-0.25, -0.2) is 0 Å². The van der Waals surface area contributed by atoms with E-state index in [4.69, 9.17) is 9.26 Å². The van der Waals surface area contributed by atoms with Gasteiger partial charge < -0.3 is 14.6 Å². The average molecular weight is 348 g/mol. The fourth-order valence-electron chi connectivity index (χ4n) is 2.78. The zero-order valence-corrected chi connectivity index (χ0v) is 14.0. The fourth-order valence-corrected chi connectivity index (χ4v) is 2.78. The van der Waals surface area contributed by atoms with Gasteiger partial charge in [0.15, 0.2) is 5.69 Å². The van der Waals surface area contributed by atoms with Gasteiger partial charge in [-0.1, -0.05) is 17.3 Å². The number of aromatic nitrogens is 4. The molecule has 0 spiro atoms. The van der Waals surface area contributed by atoms with Crippen molar-refractivity contribution in [1.29, 1.82) is 0 Å². The molecule has 0 saturated carbocycles. The van der Waals surface area contributed by atoms with Crippen LogP contribution in [-0.4, -0.2) is 40.5 Å². The normalized spacial score (nSPS) is 16.8. The van der Waals surface area contributed by atoms with Crippen LogP contribution in [0, 0.1) is 0 Å². The first-order valence-corrected chi connectivity index (χ1v) is 7.58. The van der Waals surface area contributed by atoms with Gasteiger partial charge in [0, 0.05) is 23.7 Å². The molecule has 0 amide bonds. The van der Waals surface area contributed by atoms with E-state index in [1.165, 1.54) is 0 Å². The molecule has 0 radical (unpaired) electrons. The molecule has 1 aliphatic heterocycles. The van der Waals surface area contributed by atoms with Crippen LogP contribution in [0.15, 0.2) is 34.9 Å². The highest BCUT2D eigenvalue weighted by Crippen LogP contribution is 2.27. The summed E-state index contributed by atoms with van der Waals surface area (Å²) in [4.78, 5) is 4.43. The lowest BCUT2D eigenvalue weighted by molar-refractivity contribution is 0.414. The van der Waals surface area contributed by atoms with Gasteiger partial charge in [-0.05, 0) is 31.2 Å². The number of nitrogens with one attached hydrogen (secondary N) is 2. The molecule has 7 nitrogen and oxygen atoms in total. The summed E-state index contributed by atoms with van der Waals surface area (Å²) >= 11 is 0. The van der Waals surface area contributed by atoms with Crippen molar-refractivity contribution < 1.29 is 9.26 Å². The van der Waals surface area contributed by atoms with E-state index in [0.29, 0.717) is 23.3 Å². The number of hydrogen-bond donors (Lipinski definition) is 2. The Morgan fingerprint density at radius 3 is 3.00 bits per heavy atom. The number of aromatic amines is 1. The van der Waals surface area contributed by atoms with Crippen molar-refractivity contribution in [1.82, 2.24) is 25.7 Å². The van der Waals surface area contributed by atoms with Crippen LogP contribution in [0.1, 0.15) is 18.0 Å². The molecule has 0 bridgehead atoms. The van der Waals surface area contributed by atoms with Crippen LogP contribution < -0.4 is 10.1 Å². The van der Waals surface area contributed by atoms with Gasteiger partial charge in [0.1, 0.15) is 5.75 Å². The number of hydrogen-bond acceptors (Lipinski definition) is 6. The summed E-state index contributed by atoms with van der Waals surface area (Å²) in [6.45, 7) is 2.01. The Hall–Kier alpha value is -2.38. The van der Waals surface area contributed by atoms with E-state index < -0.39 is 0 Å². The molecule has 1 aliphatic rings. The maximum absolute atomic E-state index is 5.35. The molecular formula is C16H18ClN5O2. The van der Waals surface area contributed by atoms with Gasteiger partial charge in [-0.3, -0.25) is 5.10 Å². The number of benzene rings is 1. The van der Waals surface area contributed by atoms with E-state index in [1.54, 1.807) is 7.11 Å². The SMILES string of the molecule is COc1cccc(-c2noc(-c3cc(C4CCNC4)[nH]n3)n2)c1.Cl. The largest absolute Gasteiger partial charge is 0.497 e. The summed E-state index contributed by atoms with van der Waals surface area (Å²) in [5.41, 5.74) is 2.62. The van der Waals surface area contributed by atoms with E-state index in [0.717, 1.165) is 36.5 Å². The van der Waals surface area contributed by atoms with Gasteiger partial charge in [0.25, 0.3) is 5.89 Å². The lowest BCUT2D eigenvalue weighted by Crippen LogP contribution is -2.08. The topological polar surface area (TPSA) is 88.9 Å². The second-order valence-electron chi connectivity index (χ2n) is 5.55. The monoisotopic (exact) mass is 347 g/mol. The summed E-state index contributed by atoms with van der Waals surface area (Å²) in [6, 6.07) is 9.54. The number of methoxy groups -OCH3 is 1. The lowest BCUT2D eigenvalue weighted by Gasteiger charge is -2.02. The van der Waals surface area contributed by atoms with Crippen LogP contribution in [0.3, 0.4) is 0 Å². The van der Waals surface area contributed by atoms with Crippen molar-refractivity contribution in [2.45, 2.75) is 12.3 Å². The number of H-pyrrole nitrogens is 1. The van der Waals surface area contributed by atoms with E-state index in [2.05, 4.69) is 25.7 Å². The molecule has 4 rings (SSSR count). The predicted octanol–water partition coefficient (Wildman–Crippen LogP) is 2.63. The van der Waals surface area contributed by atoms with Crippen molar-refractivity contribution in [3.05, 3.63) is 36.0 Å². The van der Waals surface area contributed by atoms with Gasteiger partial charge >= 0.3 is 0 Å². The average Bonchev–Trinajstić information content (AvgIpc) is 3.34. The number of nitrogens with zero attached hydrogens (tertiary/aromatic N) is 3. The minimum Gasteiger partial charge on any atom is -0.497 e. The van der Waals surface area contributed by atoms with Crippen molar-refractivity contribution >= 4 is 12.4 Å². The Balaban J connectivity index is 0.00000169. The highest BCUT2D eigenvalue weighted by Gasteiger charge is 2.21. The van der Waals surface area contributed by atoms with Gasteiger partial charge in [-0.2, -0.15) is 10.1 Å². The third kappa shape index (κ3) is 3.13. The fraction of sp³-hybridized carbons (Fsp3) is 0.312. The summed E-state index contributed by atoms with van der Waals surface area (Å²) in [6.07, 6.45) is 1.11. The molecule has 0 aliphatic carbocycles. The molecule has 2 N–H and O–H groups in total. The van der Waals surface area contributed by atoms with Crippen LogP contribution in [0.25, 0.3) is 23.0 Å². The van der Waals surface area contributed by atoms with Crippen LogP contribution in [0.5, 0.6) is 5.75 Å². The highest BCUT2D eigenvalue weighted by molar-refractivity contribution is 5.85. The molecule has 126 valence electrons. The molecule has 1 unspecified atom stereocenters. The smallest absolute Gasteiger partial charge is 0.278 e. The van der Waals surface area contributed by atoms with Crippen LogP contribution in [0.2, 0.25) is 0 Å². The summed E-state index contributed by atoms with van der Waals surface area (Å²) in [5.74, 6) is 2.16. The first-order chi connectivity index (χ1) is 11.3. The van der Waals surface area contributed by atoms with Gasteiger partial charge in [-0.15, -0.1) is 12.4 Å². The second kappa shape index (κ2) is 7.02. The molecule has 3 aromatic rings. The highest BCUT2D eigenvalue weighted by atomic mass is 35.5. The minimum atomic E-state index is 0. The van der Waals surface area contributed by atoms with Crippen molar-refractivity contribution in [3.8, 4) is 28.7 Å². The summed E-state index contributed by atoms with van der Waals surface area (Å²) < 4.78 is 10.6. The molecule has 1 atom stereocenters. The molecule has 3 heterocycles. The number of rotatable bonds is 4. The zero-order chi connectivity index (χ0) is 15.6. The first-order valence-electron chi connectivity index (χ1n) is 7.58. The molecule has 24 heavy (non-hydrogen) atoms. The molecule has 8 heteroatoms. The van der Waals surface area contributed by atoms with Crippen LogP contribution in [-0.2, 0) is 0 Å². The van der Waals surface area contributed by atoms with Gasteiger partial charge in [0.05, 0.1) is 7.11 Å². The minimum absolute atomic E-state index is 0. The summed E-state index contributed by atoms with van der Waals surface area (Å²) in [7, 11) is 1.63. The Morgan fingerprint density at radius 1 is 1.29 bits per heavy atom. The zero-order valence-electron chi connectivity index (χ0n) is 13.2. The van der Waals surface area contributed by atoms with E-state index in [-0.39, 0.29) is 12.4 Å². The molecule has 1 saturated heterocycles. The van der Waals surface area contributed by atoms with Crippen molar-refractivity contribution in [3.63, 3.8) is 0 Å². The van der Waals surface area contributed by atoms with Crippen molar-refractivity contribution in [2.75, 3.05) is 20.2 Å². The lowest BCUT2D eigenvalue weighted by atomic mass is 10.1. The number of ether oxygens (including phenoxy) is 1. The Bertz CT molecular complexity index is 810. The van der Waals surface area contributed by atoms with E-state index >= 15 is 0 Å². The third-order valence-electron chi connectivity index (χ3n) is 4.07. The maximum atomic E-state index is 5.35. The molecule has 1 fully saturated rings. The number of halogens is 1. The second-order valence-corrected chi connectivity index (χ2v) is 5.55.